The standard InChI is InChI=1S/C33H45N3O2/c1-25(2)24-29-31(37)36(30-18-11-16-27-15-8-9-17-28(27)30)33(32(38)34-29)19-22-35(23-20-33)21-10-4-7-14-26-12-5-3-6-13-26/h3,5-6,8-9,12-13,15,17,25,29-30H,4,7,10-11,14,16,18-24H2,1-2H3,(H,34,38)/t29-,30?/m0/s1. The Morgan fingerprint density at radius 2 is 1.68 bits per heavy atom. The molecule has 2 atom stereocenters. The first-order valence-corrected chi connectivity index (χ1v) is 15.0. The van der Waals surface area contributed by atoms with E-state index in [9.17, 15) is 9.59 Å². The predicted octanol–water partition coefficient (Wildman–Crippen LogP) is 5.68. The number of piperidine rings is 1. The van der Waals surface area contributed by atoms with Crippen molar-refractivity contribution in [3.05, 3.63) is 71.3 Å². The van der Waals surface area contributed by atoms with Gasteiger partial charge in [0.1, 0.15) is 11.6 Å². The number of nitrogens with one attached hydrogen (secondary N) is 1. The van der Waals surface area contributed by atoms with Crippen LogP contribution in [0.2, 0.25) is 0 Å². The van der Waals surface area contributed by atoms with E-state index in [0.717, 1.165) is 58.2 Å². The van der Waals surface area contributed by atoms with Crippen molar-refractivity contribution in [1.82, 2.24) is 15.1 Å². The van der Waals surface area contributed by atoms with Crippen molar-refractivity contribution in [3.63, 3.8) is 0 Å². The van der Waals surface area contributed by atoms with Gasteiger partial charge in [-0.1, -0.05) is 74.9 Å². The van der Waals surface area contributed by atoms with Gasteiger partial charge >= 0.3 is 0 Å². The average molecular weight is 516 g/mol. The zero-order valence-corrected chi connectivity index (χ0v) is 23.3. The van der Waals surface area contributed by atoms with E-state index in [2.05, 4.69) is 83.6 Å². The Kier molecular flexibility index (Phi) is 8.52. The number of rotatable bonds is 9. The summed E-state index contributed by atoms with van der Waals surface area (Å²) in [4.78, 5) is 32.6. The lowest BCUT2D eigenvalue weighted by Gasteiger charge is -2.55. The van der Waals surface area contributed by atoms with Gasteiger partial charge in [-0.2, -0.15) is 0 Å². The van der Waals surface area contributed by atoms with E-state index in [1.807, 2.05) is 0 Å². The molecule has 1 spiro atoms. The molecule has 2 heterocycles. The minimum atomic E-state index is -0.733. The molecule has 3 aliphatic rings. The average Bonchev–Trinajstić information content (AvgIpc) is 2.93. The minimum absolute atomic E-state index is 0.00213. The highest BCUT2D eigenvalue weighted by Crippen LogP contribution is 2.44. The first kappa shape index (κ1) is 26.9. The Hall–Kier alpha value is -2.66. The van der Waals surface area contributed by atoms with Crippen LogP contribution < -0.4 is 5.32 Å². The molecule has 0 aromatic heterocycles. The number of fused-ring (bicyclic) bond motifs is 1. The summed E-state index contributed by atoms with van der Waals surface area (Å²) in [6.07, 6.45) is 9.96. The number of piperazine rings is 1. The number of hydrogen-bond donors (Lipinski definition) is 1. The zero-order chi connectivity index (χ0) is 26.5. The van der Waals surface area contributed by atoms with E-state index >= 15 is 0 Å². The lowest BCUT2D eigenvalue weighted by atomic mass is 9.76. The second kappa shape index (κ2) is 12.0. The van der Waals surface area contributed by atoms with Gasteiger partial charge in [0.2, 0.25) is 11.8 Å². The highest BCUT2D eigenvalue weighted by atomic mass is 16.2. The minimum Gasteiger partial charge on any atom is -0.342 e. The normalized spacial score (nSPS) is 23.5. The van der Waals surface area contributed by atoms with Gasteiger partial charge in [-0.05, 0) is 86.9 Å². The van der Waals surface area contributed by atoms with Crippen LogP contribution in [0.25, 0.3) is 0 Å². The van der Waals surface area contributed by atoms with Crippen LogP contribution in [0.5, 0.6) is 0 Å². The molecule has 2 aromatic rings. The van der Waals surface area contributed by atoms with E-state index in [0.29, 0.717) is 12.3 Å². The molecule has 0 saturated carbocycles. The van der Waals surface area contributed by atoms with Gasteiger partial charge < -0.3 is 15.1 Å². The van der Waals surface area contributed by atoms with Gasteiger partial charge in [0.15, 0.2) is 0 Å². The van der Waals surface area contributed by atoms with Gasteiger partial charge in [-0.15, -0.1) is 0 Å². The summed E-state index contributed by atoms with van der Waals surface area (Å²) < 4.78 is 0. The molecule has 2 aliphatic heterocycles. The molecule has 0 radical (unpaired) electrons. The predicted molar refractivity (Wildman–Crippen MR) is 153 cm³/mol. The third-order valence-corrected chi connectivity index (χ3v) is 9.05. The van der Waals surface area contributed by atoms with Gasteiger partial charge in [-0.3, -0.25) is 9.59 Å². The molecule has 1 unspecified atom stereocenters. The number of amides is 2. The first-order valence-electron chi connectivity index (χ1n) is 15.0. The van der Waals surface area contributed by atoms with Crippen molar-refractivity contribution < 1.29 is 9.59 Å². The fraction of sp³-hybridized carbons (Fsp3) is 0.576. The van der Waals surface area contributed by atoms with Crippen molar-refractivity contribution in [2.24, 2.45) is 5.92 Å². The van der Waals surface area contributed by atoms with Crippen molar-refractivity contribution in [1.29, 1.82) is 0 Å². The van der Waals surface area contributed by atoms with Crippen LogP contribution in [0.15, 0.2) is 54.6 Å². The highest BCUT2D eigenvalue weighted by molar-refractivity contribution is 6.00. The van der Waals surface area contributed by atoms with E-state index in [-0.39, 0.29) is 17.9 Å². The molecule has 0 bridgehead atoms. The molecule has 1 N–H and O–H groups in total. The third kappa shape index (κ3) is 5.68. The quantitative estimate of drug-likeness (QED) is 0.437. The fourth-order valence-electron chi connectivity index (χ4n) is 7.02. The van der Waals surface area contributed by atoms with E-state index in [4.69, 9.17) is 0 Å². The van der Waals surface area contributed by atoms with Crippen molar-refractivity contribution >= 4 is 11.8 Å². The second-order valence-corrected chi connectivity index (χ2v) is 12.1. The summed E-state index contributed by atoms with van der Waals surface area (Å²) in [5.41, 5.74) is 3.28. The van der Waals surface area contributed by atoms with Crippen LogP contribution in [0, 0.1) is 5.92 Å². The Labute approximate surface area is 229 Å². The summed E-state index contributed by atoms with van der Waals surface area (Å²) in [6, 6.07) is 18.9. The number of carbonyl (C=O) groups excluding carboxylic acids is 2. The topological polar surface area (TPSA) is 52.7 Å². The molecule has 5 nitrogen and oxygen atoms in total. The van der Waals surface area contributed by atoms with Crippen LogP contribution in [-0.2, 0) is 22.4 Å². The lowest BCUT2D eigenvalue weighted by molar-refractivity contribution is -0.166. The molecular formula is C33H45N3O2. The molecule has 204 valence electrons. The first-order chi connectivity index (χ1) is 18.5. The molecule has 38 heavy (non-hydrogen) atoms. The number of carbonyl (C=O) groups is 2. The maximum atomic E-state index is 14.1. The summed E-state index contributed by atoms with van der Waals surface area (Å²) >= 11 is 0. The summed E-state index contributed by atoms with van der Waals surface area (Å²) in [5, 5.41) is 3.19. The number of benzene rings is 2. The monoisotopic (exact) mass is 515 g/mol. The Balaban J connectivity index is 1.27. The Bertz CT molecular complexity index is 1090. The van der Waals surface area contributed by atoms with Gasteiger partial charge in [0.25, 0.3) is 0 Å². The molecule has 5 rings (SSSR count). The number of aryl methyl sites for hydroxylation is 2. The molecule has 2 amide bonds. The van der Waals surface area contributed by atoms with Crippen molar-refractivity contribution in [2.75, 3.05) is 19.6 Å². The number of unbranched alkanes of at least 4 members (excludes halogenated alkanes) is 2. The SMILES string of the molecule is CC(C)C[C@@H]1NC(=O)C2(CCN(CCCCCc3ccccc3)CC2)N(C2CCCc3ccccc32)C1=O. The smallest absolute Gasteiger partial charge is 0.246 e. The molecule has 2 saturated heterocycles. The van der Waals surface area contributed by atoms with Crippen molar-refractivity contribution in [2.45, 2.75) is 95.7 Å². The van der Waals surface area contributed by atoms with E-state index in [1.54, 1.807) is 0 Å². The molecule has 2 fully saturated rings. The van der Waals surface area contributed by atoms with Crippen LogP contribution in [0.4, 0.5) is 0 Å². The van der Waals surface area contributed by atoms with Gasteiger partial charge in [0.05, 0.1) is 6.04 Å². The summed E-state index contributed by atoms with van der Waals surface area (Å²) in [5.74, 6) is 0.560. The van der Waals surface area contributed by atoms with Gasteiger partial charge in [0, 0.05) is 13.1 Å². The van der Waals surface area contributed by atoms with Crippen LogP contribution >= 0.6 is 0 Å². The largest absolute Gasteiger partial charge is 0.342 e. The molecule has 2 aromatic carbocycles. The van der Waals surface area contributed by atoms with E-state index < -0.39 is 11.6 Å². The maximum absolute atomic E-state index is 14.1. The number of hydrogen-bond acceptors (Lipinski definition) is 3. The highest BCUT2D eigenvalue weighted by Gasteiger charge is 2.56. The second-order valence-electron chi connectivity index (χ2n) is 12.1. The Morgan fingerprint density at radius 1 is 0.947 bits per heavy atom. The van der Waals surface area contributed by atoms with Crippen LogP contribution in [-0.4, -0.2) is 52.8 Å². The summed E-state index contributed by atoms with van der Waals surface area (Å²) in [6.45, 7) is 7.08. The Morgan fingerprint density at radius 3 is 2.45 bits per heavy atom. The fourth-order valence-corrected chi connectivity index (χ4v) is 7.02. The summed E-state index contributed by atoms with van der Waals surface area (Å²) in [7, 11) is 0. The lowest BCUT2D eigenvalue weighted by Crippen LogP contribution is -2.73. The number of likely N-dealkylation sites (tertiary alicyclic amines) is 1. The van der Waals surface area contributed by atoms with Crippen molar-refractivity contribution in [3.8, 4) is 0 Å². The molecule has 5 heteroatoms. The molecular weight excluding hydrogens is 470 g/mol. The number of nitrogens with zero attached hydrogens (tertiary/aromatic N) is 2. The zero-order valence-electron chi connectivity index (χ0n) is 23.3. The van der Waals surface area contributed by atoms with Gasteiger partial charge in [-0.25, -0.2) is 0 Å². The molecule has 1 aliphatic carbocycles. The third-order valence-electron chi connectivity index (χ3n) is 9.05. The van der Waals surface area contributed by atoms with Crippen LogP contribution in [0.1, 0.15) is 87.9 Å². The van der Waals surface area contributed by atoms with Crippen LogP contribution in [0.3, 0.4) is 0 Å². The maximum Gasteiger partial charge on any atom is 0.246 e. The van der Waals surface area contributed by atoms with E-state index in [1.165, 1.54) is 36.0 Å².